The maximum Gasteiger partial charge on any atom is 0.259 e. The van der Waals surface area contributed by atoms with Crippen molar-refractivity contribution in [3.63, 3.8) is 0 Å². The Kier molecular flexibility index (Phi) is 12.0. The minimum Gasteiger partial charge on any atom is -0.494 e. The fourth-order valence-corrected chi connectivity index (χ4v) is 9.54. The highest BCUT2D eigenvalue weighted by atomic mass is 32.2. The van der Waals surface area contributed by atoms with E-state index in [-0.39, 0.29) is 49.0 Å². The standard InChI is InChI=1S/C38H48FN5O7S2/c1-23(2)29-22-52-36(42-29)28-20-31(26-16-17-30(50-3)33(39)34(26)41-28)51-19-18-27-35(46)43-38(37(47)44-53(48,49)25-13-9-7-10-14-25)21-24(38)12-8-5-4-6-11-15-32(45)40-27/h8,12,16-17,20,22-25,27H,4-7,9-11,13-15,18-19,21H2,1-3H3,(H,40,45)(H,43,46)(H,44,47)/t24-,27+,38-/m1/s1. The Bertz CT molecular complexity index is 1980. The van der Waals surface area contributed by atoms with E-state index in [1.165, 1.54) is 24.5 Å². The van der Waals surface area contributed by atoms with Crippen molar-refractivity contribution in [2.45, 2.75) is 114 Å². The summed E-state index contributed by atoms with van der Waals surface area (Å²) in [6, 6.07) is 3.70. The monoisotopic (exact) mass is 769 g/mol. The molecule has 15 heteroatoms. The van der Waals surface area contributed by atoms with Crippen molar-refractivity contribution >= 4 is 50.0 Å². The first-order valence-electron chi connectivity index (χ1n) is 18.5. The molecule has 2 aliphatic carbocycles. The van der Waals surface area contributed by atoms with Crippen molar-refractivity contribution in [1.82, 2.24) is 25.3 Å². The Balaban J connectivity index is 1.24. The lowest BCUT2D eigenvalue weighted by molar-refractivity contribution is -0.132. The van der Waals surface area contributed by atoms with Gasteiger partial charge in [0, 0.05) is 35.6 Å². The number of hydrogen-bond donors (Lipinski definition) is 3. The number of aromatic nitrogens is 2. The molecule has 0 spiro atoms. The molecule has 0 bridgehead atoms. The third kappa shape index (κ3) is 8.83. The van der Waals surface area contributed by atoms with Crippen molar-refractivity contribution in [2.24, 2.45) is 5.92 Å². The van der Waals surface area contributed by atoms with Crippen LogP contribution in [0.5, 0.6) is 11.5 Å². The highest BCUT2D eigenvalue weighted by Crippen LogP contribution is 2.46. The molecule has 0 saturated heterocycles. The molecule has 1 aliphatic heterocycles. The summed E-state index contributed by atoms with van der Waals surface area (Å²) in [5.74, 6) is -2.27. The first kappa shape index (κ1) is 38.6. The third-order valence-electron chi connectivity index (χ3n) is 10.3. The van der Waals surface area contributed by atoms with Gasteiger partial charge in [-0.25, -0.2) is 22.8 Å². The molecule has 53 heavy (non-hydrogen) atoms. The van der Waals surface area contributed by atoms with Crippen molar-refractivity contribution in [3.05, 3.63) is 47.2 Å². The highest BCUT2D eigenvalue weighted by molar-refractivity contribution is 7.90. The minimum atomic E-state index is -3.95. The van der Waals surface area contributed by atoms with Crippen LogP contribution in [0.15, 0.2) is 35.7 Å². The number of hydrogen-bond acceptors (Lipinski definition) is 10. The second-order valence-corrected chi connectivity index (χ2v) is 17.3. The van der Waals surface area contributed by atoms with Gasteiger partial charge in [0.25, 0.3) is 5.91 Å². The molecule has 2 fully saturated rings. The maximum absolute atomic E-state index is 15.6. The lowest BCUT2D eigenvalue weighted by atomic mass is 10.0. The first-order chi connectivity index (χ1) is 25.4. The van der Waals surface area contributed by atoms with E-state index in [1.807, 2.05) is 31.4 Å². The summed E-state index contributed by atoms with van der Waals surface area (Å²) in [5, 5.41) is 7.90. The van der Waals surface area contributed by atoms with Gasteiger partial charge in [-0.2, -0.15) is 0 Å². The van der Waals surface area contributed by atoms with Crippen LogP contribution in [0.1, 0.15) is 103 Å². The van der Waals surface area contributed by atoms with Gasteiger partial charge in [0.2, 0.25) is 21.8 Å². The molecule has 0 unspecified atom stereocenters. The largest absolute Gasteiger partial charge is 0.494 e. The number of thiazole rings is 1. The van der Waals surface area contributed by atoms with Crippen molar-refractivity contribution in [1.29, 1.82) is 0 Å². The van der Waals surface area contributed by atoms with Gasteiger partial charge >= 0.3 is 0 Å². The van der Waals surface area contributed by atoms with Crippen LogP contribution >= 0.6 is 11.3 Å². The van der Waals surface area contributed by atoms with Crippen molar-refractivity contribution < 1.29 is 36.7 Å². The number of allylic oxidation sites excluding steroid dienone is 1. The van der Waals surface area contributed by atoms with E-state index in [4.69, 9.17) is 9.47 Å². The molecule has 3 N–H and O–H groups in total. The molecule has 6 rings (SSSR count). The van der Waals surface area contributed by atoms with Crippen LogP contribution in [0.25, 0.3) is 21.6 Å². The molecule has 286 valence electrons. The fraction of sp³-hybridized carbons (Fsp3) is 0.553. The number of nitrogens with one attached hydrogen (secondary N) is 3. The summed E-state index contributed by atoms with van der Waals surface area (Å²) in [6.07, 6.45) is 10.8. The Hall–Kier alpha value is -4.11. The van der Waals surface area contributed by atoms with Gasteiger partial charge in [-0.1, -0.05) is 51.7 Å². The minimum absolute atomic E-state index is 0.00267. The number of rotatable bonds is 10. The summed E-state index contributed by atoms with van der Waals surface area (Å²) >= 11 is 1.38. The molecule has 12 nitrogen and oxygen atoms in total. The molecule has 2 saturated carbocycles. The van der Waals surface area contributed by atoms with Crippen LogP contribution in [-0.2, 0) is 24.4 Å². The average Bonchev–Trinajstić information content (AvgIpc) is 3.59. The number of benzene rings is 1. The lowest BCUT2D eigenvalue weighted by Gasteiger charge is -2.26. The molecular weight excluding hydrogens is 722 g/mol. The van der Waals surface area contributed by atoms with E-state index in [0.717, 1.165) is 44.2 Å². The molecule has 3 heterocycles. The second-order valence-electron chi connectivity index (χ2n) is 14.5. The van der Waals surface area contributed by atoms with Gasteiger partial charge in [0.15, 0.2) is 11.6 Å². The van der Waals surface area contributed by atoms with Crippen LogP contribution < -0.4 is 24.8 Å². The van der Waals surface area contributed by atoms with Crippen molar-refractivity contribution in [2.75, 3.05) is 13.7 Å². The third-order valence-corrected chi connectivity index (χ3v) is 13.1. The number of carbonyl (C=O) groups is 3. The SMILES string of the molecule is COc1ccc2c(OCC[C@@H]3NC(=O)CCCCCC=C[C@@H]4C[C@@]4(C(=O)NS(=O)(=O)C4CCCCC4)NC3=O)cc(-c3nc(C(C)C)cs3)nc2c1F. The van der Waals surface area contributed by atoms with Crippen LogP contribution in [0.3, 0.4) is 0 Å². The quantitative estimate of drug-likeness (QED) is 0.208. The molecule has 1 aromatic carbocycles. The molecule has 3 amide bonds. The van der Waals surface area contributed by atoms with Gasteiger partial charge in [-0.3, -0.25) is 19.1 Å². The molecule has 2 aromatic heterocycles. The predicted molar refractivity (Wildman–Crippen MR) is 201 cm³/mol. The van der Waals surface area contributed by atoms with Gasteiger partial charge in [-0.15, -0.1) is 11.3 Å². The van der Waals surface area contributed by atoms with Crippen LogP contribution in [-0.4, -0.2) is 66.7 Å². The number of pyridine rings is 1. The molecule has 3 aromatic rings. The summed E-state index contributed by atoms with van der Waals surface area (Å²) in [5.41, 5.74) is -0.156. The maximum atomic E-state index is 15.6. The Labute approximate surface area is 313 Å². The topological polar surface area (TPSA) is 166 Å². The number of carbonyl (C=O) groups excluding carboxylic acids is 3. The zero-order valence-electron chi connectivity index (χ0n) is 30.4. The summed E-state index contributed by atoms with van der Waals surface area (Å²) in [7, 11) is -2.58. The number of fused-ring (bicyclic) bond motifs is 2. The zero-order chi connectivity index (χ0) is 37.8. The van der Waals surface area contributed by atoms with Gasteiger partial charge in [0.1, 0.15) is 33.5 Å². The van der Waals surface area contributed by atoms with Gasteiger partial charge in [-0.05, 0) is 56.6 Å². The first-order valence-corrected chi connectivity index (χ1v) is 20.9. The summed E-state index contributed by atoms with van der Waals surface area (Å²) in [6.45, 7) is 3.98. The number of ether oxygens (including phenoxy) is 2. The van der Waals surface area contributed by atoms with Crippen LogP contribution in [0.4, 0.5) is 4.39 Å². The van der Waals surface area contributed by atoms with E-state index in [1.54, 1.807) is 12.1 Å². The normalized spacial score (nSPS) is 23.1. The Morgan fingerprint density at radius 1 is 1.09 bits per heavy atom. The van der Waals surface area contributed by atoms with Crippen molar-refractivity contribution in [3.8, 4) is 22.2 Å². The number of methoxy groups -OCH3 is 1. The van der Waals surface area contributed by atoms with E-state index in [2.05, 4.69) is 25.3 Å². The second kappa shape index (κ2) is 16.5. The van der Waals surface area contributed by atoms with E-state index < -0.39 is 50.4 Å². The van der Waals surface area contributed by atoms with Crippen LogP contribution in [0, 0.1) is 11.7 Å². The molecular formula is C38H48FN5O7S2. The summed E-state index contributed by atoms with van der Waals surface area (Å²) in [4.78, 5) is 50.1. The van der Waals surface area contributed by atoms with E-state index in [0.29, 0.717) is 41.1 Å². The van der Waals surface area contributed by atoms with Gasteiger partial charge < -0.3 is 20.1 Å². The molecule has 0 radical (unpaired) electrons. The smallest absolute Gasteiger partial charge is 0.259 e. The van der Waals surface area contributed by atoms with Gasteiger partial charge in [0.05, 0.1) is 24.7 Å². The lowest BCUT2D eigenvalue weighted by Crippen LogP contribution is -2.57. The zero-order valence-corrected chi connectivity index (χ0v) is 32.0. The Morgan fingerprint density at radius 3 is 2.60 bits per heavy atom. The number of sulfonamides is 1. The summed E-state index contributed by atoms with van der Waals surface area (Å²) < 4.78 is 55.8. The Morgan fingerprint density at radius 2 is 1.87 bits per heavy atom. The van der Waals surface area contributed by atoms with E-state index >= 15 is 4.39 Å². The highest BCUT2D eigenvalue weighted by Gasteiger charge is 2.61. The predicted octanol–water partition coefficient (Wildman–Crippen LogP) is 6.06. The number of halogens is 1. The molecule has 3 aliphatic rings. The average molecular weight is 770 g/mol. The van der Waals surface area contributed by atoms with E-state index in [9.17, 15) is 22.8 Å². The number of nitrogens with zero attached hydrogens (tertiary/aromatic N) is 2. The van der Waals surface area contributed by atoms with Crippen LogP contribution in [0.2, 0.25) is 0 Å². The fourth-order valence-electron chi connectivity index (χ4n) is 7.04. The number of amides is 3. The molecule has 3 atom stereocenters.